The summed E-state index contributed by atoms with van der Waals surface area (Å²) < 4.78 is 40.9. The number of thioether (sulfide) groups is 1. The van der Waals surface area contributed by atoms with E-state index in [0.29, 0.717) is 5.75 Å². The van der Waals surface area contributed by atoms with Crippen molar-refractivity contribution in [3.05, 3.63) is 28.5 Å². The van der Waals surface area contributed by atoms with Gasteiger partial charge in [-0.2, -0.15) is 11.8 Å². The zero-order valence-electron chi connectivity index (χ0n) is 10.0. The van der Waals surface area contributed by atoms with Crippen molar-refractivity contribution < 1.29 is 12.8 Å². The van der Waals surface area contributed by atoms with E-state index in [2.05, 4.69) is 4.72 Å². The molecular formula is C11H14ClFN2O2S2. The number of rotatable bonds is 4. The highest BCUT2D eigenvalue weighted by atomic mass is 35.5. The molecule has 1 saturated heterocycles. The first-order valence-corrected chi connectivity index (χ1v) is 8.73. The Labute approximate surface area is 120 Å². The van der Waals surface area contributed by atoms with E-state index in [9.17, 15) is 12.8 Å². The van der Waals surface area contributed by atoms with Gasteiger partial charge in [0.1, 0.15) is 10.7 Å². The lowest BCUT2D eigenvalue weighted by Crippen LogP contribution is -2.35. The van der Waals surface area contributed by atoms with Gasteiger partial charge in [-0.25, -0.2) is 17.5 Å². The zero-order valence-corrected chi connectivity index (χ0v) is 12.4. The molecule has 4 nitrogen and oxygen atoms in total. The zero-order chi connectivity index (χ0) is 14.0. The quantitative estimate of drug-likeness (QED) is 0.884. The van der Waals surface area contributed by atoms with Gasteiger partial charge < -0.3 is 5.73 Å². The van der Waals surface area contributed by atoms with Gasteiger partial charge in [0.2, 0.25) is 10.0 Å². The molecule has 2 rings (SSSR count). The predicted molar refractivity (Wildman–Crippen MR) is 75.4 cm³/mol. The maximum Gasteiger partial charge on any atom is 0.243 e. The summed E-state index contributed by atoms with van der Waals surface area (Å²) in [6, 6.07) is 2.29. The van der Waals surface area contributed by atoms with Crippen LogP contribution in [0.4, 0.5) is 4.39 Å². The number of benzene rings is 1. The summed E-state index contributed by atoms with van der Waals surface area (Å²) in [6.07, 6.45) is 0.746. The topological polar surface area (TPSA) is 72.2 Å². The molecule has 106 valence electrons. The Hall–Kier alpha value is -0.340. The Morgan fingerprint density at radius 2 is 2.26 bits per heavy atom. The van der Waals surface area contributed by atoms with Crippen LogP contribution in [0.2, 0.25) is 5.02 Å². The van der Waals surface area contributed by atoms with Crippen LogP contribution in [0.5, 0.6) is 0 Å². The third-order valence-electron chi connectivity index (χ3n) is 2.84. The molecule has 1 atom stereocenters. The second-order valence-corrected chi connectivity index (χ2v) is 7.53. The molecule has 1 heterocycles. The summed E-state index contributed by atoms with van der Waals surface area (Å²) in [5, 5.41) is 0.156. The molecule has 0 spiro atoms. The molecule has 1 aliphatic rings. The fourth-order valence-electron chi connectivity index (χ4n) is 1.87. The van der Waals surface area contributed by atoms with Gasteiger partial charge in [-0.05, 0) is 24.3 Å². The fraction of sp³-hybridized carbons (Fsp3) is 0.455. The molecule has 0 radical (unpaired) electrons. The van der Waals surface area contributed by atoms with Crippen molar-refractivity contribution in [1.82, 2.24) is 4.72 Å². The molecule has 8 heteroatoms. The molecule has 3 N–H and O–H groups in total. The molecule has 0 aromatic heterocycles. The maximum atomic E-state index is 14.1. The normalized spacial score (nSPS) is 19.8. The van der Waals surface area contributed by atoms with Crippen LogP contribution in [0.15, 0.2) is 17.0 Å². The molecule has 0 bridgehead atoms. The van der Waals surface area contributed by atoms with Crippen LogP contribution in [-0.2, 0) is 16.6 Å². The number of sulfonamides is 1. The molecule has 1 unspecified atom stereocenters. The highest BCUT2D eigenvalue weighted by molar-refractivity contribution is 7.99. The van der Waals surface area contributed by atoms with Gasteiger partial charge in [0.05, 0.1) is 0 Å². The van der Waals surface area contributed by atoms with Crippen molar-refractivity contribution in [2.24, 2.45) is 5.73 Å². The van der Waals surface area contributed by atoms with Crippen molar-refractivity contribution in [2.45, 2.75) is 23.9 Å². The van der Waals surface area contributed by atoms with Crippen LogP contribution in [0.1, 0.15) is 12.0 Å². The third kappa shape index (κ3) is 3.41. The summed E-state index contributed by atoms with van der Waals surface area (Å²) in [5.74, 6) is 0.773. The van der Waals surface area contributed by atoms with E-state index in [4.69, 9.17) is 17.3 Å². The standard InChI is InChI=1S/C11H14ClFN2O2S2/c12-8-3-7(5-14)11(13)10(4-8)19(16,17)15-9-1-2-18-6-9/h3-4,9,15H,1-2,5-6,14H2. The first kappa shape index (κ1) is 15.1. The van der Waals surface area contributed by atoms with E-state index < -0.39 is 20.7 Å². The third-order valence-corrected chi connectivity index (χ3v) is 5.74. The number of nitrogens with two attached hydrogens (primary N) is 1. The van der Waals surface area contributed by atoms with Crippen LogP contribution in [0.25, 0.3) is 0 Å². The van der Waals surface area contributed by atoms with Gasteiger partial charge >= 0.3 is 0 Å². The minimum Gasteiger partial charge on any atom is -0.326 e. The minimum atomic E-state index is -3.91. The van der Waals surface area contributed by atoms with E-state index in [0.717, 1.165) is 18.2 Å². The van der Waals surface area contributed by atoms with Crippen molar-refractivity contribution >= 4 is 33.4 Å². The number of hydrogen-bond acceptors (Lipinski definition) is 4. The number of nitrogens with one attached hydrogen (secondary N) is 1. The first-order chi connectivity index (χ1) is 8.94. The second-order valence-electron chi connectivity index (χ2n) is 4.26. The van der Waals surface area contributed by atoms with Crippen molar-refractivity contribution in [3.8, 4) is 0 Å². The van der Waals surface area contributed by atoms with Gasteiger partial charge in [-0.15, -0.1) is 0 Å². The van der Waals surface area contributed by atoms with Gasteiger partial charge in [0, 0.05) is 28.9 Å². The number of hydrogen-bond donors (Lipinski definition) is 2. The van der Waals surface area contributed by atoms with Gasteiger partial charge in [0.25, 0.3) is 0 Å². The molecule has 0 saturated carbocycles. The molecule has 1 aliphatic heterocycles. The van der Waals surface area contributed by atoms with E-state index in [1.54, 1.807) is 11.8 Å². The second kappa shape index (κ2) is 5.97. The van der Waals surface area contributed by atoms with E-state index >= 15 is 0 Å². The molecular weight excluding hydrogens is 311 g/mol. The Balaban J connectivity index is 2.36. The lowest BCUT2D eigenvalue weighted by molar-refractivity contribution is 0.539. The molecule has 1 fully saturated rings. The predicted octanol–water partition coefficient (Wildman–Crippen LogP) is 1.72. The average Bonchev–Trinajstić information content (AvgIpc) is 2.83. The lowest BCUT2D eigenvalue weighted by atomic mass is 10.2. The van der Waals surface area contributed by atoms with Crippen molar-refractivity contribution in [2.75, 3.05) is 11.5 Å². The Bertz CT molecular complexity index is 574. The molecule has 0 aliphatic carbocycles. The van der Waals surface area contributed by atoms with E-state index in [1.165, 1.54) is 6.07 Å². The highest BCUT2D eigenvalue weighted by Gasteiger charge is 2.27. The molecule has 0 amide bonds. The van der Waals surface area contributed by atoms with Gasteiger partial charge in [-0.3, -0.25) is 0 Å². The largest absolute Gasteiger partial charge is 0.326 e. The van der Waals surface area contributed by atoms with E-state index in [-0.39, 0.29) is 23.2 Å². The molecule has 1 aromatic carbocycles. The van der Waals surface area contributed by atoms with Gasteiger partial charge in [-0.1, -0.05) is 11.6 Å². The lowest BCUT2D eigenvalue weighted by Gasteiger charge is -2.14. The van der Waals surface area contributed by atoms with Crippen LogP contribution in [0, 0.1) is 5.82 Å². The maximum absolute atomic E-state index is 14.1. The summed E-state index contributed by atoms with van der Waals surface area (Å²) in [5.41, 5.74) is 5.47. The smallest absolute Gasteiger partial charge is 0.243 e. The fourth-order valence-corrected chi connectivity index (χ4v) is 4.85. The van der Waals surface area contributed by atoms with Crippen LogP contribution < -0.4 is 10.5 Å². The summed E-state index contributed by atoms with van der Waals surface area (Å²) in [4.78, 5) is -0.433. The first-order valence-electron chi connectivity index (χ1n) is 5.72. The molecule has 1 aromatic rings. The van der Waals surface area contributed by atoms with Crippen LogP contribution >= 0.6 is 23.4 Å². The Morgan fingerprint density at radius 3 is 2.84 bits per heavy atom. The van der Waals surface area contributed by atoms with Crippen LogP contribution in [0.3, 0.4) is 0 Å². The van der Waals surface area contributed by atoms with E-state index in [1.807, 2.05) is 0 Å². The number of halogens is 2. The van der Waals surface area contributed by atoms with Crippen molar-refractivity contribution in [3.63, 3.8) is 0 Å². The summed E-state index contributed by atoms with van der Waals surface area (Å²) >= 11 is 7.47. The van der Waals surface area contributed by atoms with Crippen molar-refractivity contribution in [1.29, 1.82) is 0 Å². The summed E-state index contributed by atoms with van der Waals surface area (Å²) in [7, 11) is -3.91. The van der Waals surface area contributed by atoms with Gasteiger partial charge in [0.15, 0.2) is 0 Å². The monoisotopic (exact) mass is 324 g/mol. The molecule has 19 heavy (non-hydrogen) atoms. The minimum absolute atomic E-state index is 0.0914. The Morgan fingerprint density at radius 1 is 1.53 bits per heavy atom. The Kier molecular flexibility index (Phi) is 4.73. The van der Waals surface area contributed by atoms with Crippen LogP contribution in [-0.4, -0.2) is 26.0 Å². The SMILES string of the molecule is NCc1cc(Cl)cc(S(=O)(=O)NC2CCSC2)c1F. The highest BCUT2D eigenvalue weighted by Crippen LogP contribution is 2.25. The average molecular weight is 325 g/mol. The summed E-state index contributed by atoms with van der Waals surface area (Å²) in [6.45, 7) is -0.103.